The molecule has 1 fully saturated rings. The van der Waals surface area contributed by atoms with Crippen molar-refractivity contribution in [3.05, 3.63) is 11.6 Å². The third-order valence-corrected chi connectivity index (χ3v) is 1.90. The van der Waals surface area contributed by atoms with Crippen LogP contribution in [0.5, 0.6) is 0 Å². The Morgan fingerprint density at radius 2 is 2.00 bits per heavy atom. The summed E-state index contributed by atoms with van der Waals surface area (Å²) >= 11 is 0. The fourth-order valence-electron chi connectivity index (χ4n) is 1.47. The zero-order valence-electron chi connectivity index (χ0n) is 8.70. The first-order valence-electron chi connectivity index (χ1n) is 4.56. The summed E-state index contributed by atoms with van der Waals surface area (Å²) in [5.41, 5.74) is 1.17. The quantitative estimate of drug-likeness (QED) is 0.664. The van der Waals surface area contributed by atoms with Gasteiger partial charge in [-0.15, -0.1) is 0 Å². The summed E-state index contributed by atoms with van der Waals surface area (Å²) in [4.78, 5) is 0. The van der Waals surface area contributed by atoms with Crippen molar-refractivity contribution in [2.75, 3.05) is 6.61 Å². The van der Waals surface area contributed by atoms with Gasteiger partial charge in [0.05, 0.1) is 6.61 Å². The minimum atomic E-state index is -0.579. The molecule has 1 N–H and O–H groups in total. The van der Waals surface area contributed by atoms with E-state index in [0.717, 1.165) is 0 Å². The van der Waals surface area contributed by atoms with Gasteiger partial charge in [-0.25, -0.2) is 0 Å². The summed E-state index contributed by atoms with van der Waals surface area (Å²) in [6.07, 6.45) is 1.63. The summed E-state index contributed by atoms with van der Waals surface area (Å²) in [5.74, 6) is -0.579. The van der Waals surface area contributed by atoms with Crippen LogP contribution >= 0.6 is 0 Å². The molecule has 0 spiro atoms. The molecule has 0 aromatic rings. The summed E-state index contributed by atoms with van der Waals surface area (Å²) < 4.78 is 11.1. The topological polar surface area (TPSA) is 38.7 Å². The van der Waals surface area contributed by atoms with Crippen molar-refractivity contribution in [2.45, 2.75) is 45.7 Å². The predicted molar refractivity (Wildman–Crippen MR) is 50.3 cm³/mol. The second-order valence-corrected chi connectivity index (χ2v) is 4.07. The molecule has 1 aliphatic rings. The van der Waals surface area contributed by atoms with E-state index in [4.69, 9.17) is 14.6 Å². The smallest absolute Gasteiger partial charge is 0.164 e. The standard InChI is InChI=1S/C10H18O3/c1-7(2)5-8-9(6-11)13-10(3,4)12-8/h5,8-9,11H,6H2,1-4H3/t8-,9+/m0/s1. The number of aliphatic hydroxyl groups is 1. The van der Waals surface area contributed by atoms with Gasteiger partial charge in [-0.1, -0.05) is 11.6 Å². The molecule has 1 heterocycles. The summed E-state index contributed by atoms with van der Waals surface area (Å²) in [5, 5.41) is 9.05. The van der Waals surface area contributed by atoms with E-state index in [1.807, 2.05) is 33.8 Å². The van der Waals surface area contributed by atoms with Crippen molar-refractivity contribution in [3.63, 3.8) is 0 Å². The Labute approximate surface area is 79.3 Å². The van der Waals surface area contributed by atoms with Crippen LogP contribution < -0.4 is 0 Å². The van der Waals surface area contributed by atoms with Crippen LogP contribution in [-0.2, 0) is 9.47 Å². The molecule has 1 saturated heterocycles. The Hall–Kier alpha value is -0.380. The lowest BCUT2D eigenvalue weighted by atomic mass is 10.1. The lowest BCUT2D eigenvalue weighted by Crippen LogP contribution is -2.24. The van der Waals surface area contributed by atoms with Gasteiger partial charge in [-0.05, 0) is 27.7 Å². The van der Waals surface area contributed by atoms with Crippen molar-refractivity contribution in [2.24, 2.45) is 0 Å². The minimum absolute atomic E-state index is 0.00211. The molecule has 3 heteroatoms. The third kappa shape index (κ3) is 2.79. The molecule has 0 saturated carbocycles. The van der Waals surface area contributed by atoms with Gasteiger partial charge in [0.2, 0.25) is 0 Å². The molecule has 13 heavy (non-hydrogen) atoms. The van der Waals surface area contributed by atoms with E-state index in [1.54, 1.807) is 0 Å². The summed E-state index contributed by atoms with van der Waals surface area (Å²) in [6, 6.07) is 0. The molecule has 1 aliphatic heterocycles. The molecule has 0 aromatic carbocycles. The van der Waals surface area contributed by atoms with Gasteiger partial charge in [-0.3, -0.25) is 0 Å². The van der Waals surface area contributed by atoms with E-state index in [9.17, 15) is 0 Å². The summed E-state index contributed by atoms with van der Waals surface area (Å²) in [6.45, 7) is 7.72. The van der Waals surface area contributed by atoms with Crippen LogP contribution in [-0.4, -0.2) is 29.7 Å². The molecule has 0 radical (unpaired) electrons. The molecule has 0 unspecified atom stereocenters. The largest absolute Gasteiger partial charge is 0.394 e. The Morgan fingerprint density at radius 3 is 2.46 bits per heavy atom. The maximum atomic E-state index is 9.05. The number of hydrogen-bond donors (Lipinski definition) is 1. The van der Waals surface area contributed by atoms with Crippen LogP contribution in [0.15, 0.2) is 11.6 Å². The SMILES string of the molecule is CC(C)=C[C@@H]1OC(C)(C)O[C@@H]1CO. The van der Waals surface area contributed by atoms with Gasteiger partial charge in [0.1, 0.15) is 12.2 Å². The van der Waals surface area contributed by atoms with Crippen molar-refractivity contribution >= 4 is 0 Å². The average molecular weight is 186 g/mol. The highest BCUT2D eigenvalue weighted by atomic mass is 16.8. The third-order valence-electron chi connectivity index (χ3n) is 1.90. The van der Waals surface area contributed by atoms with Crippen LogP contribution in [0.25, 0.3) is 0 Å². The second kappa shape index (κ2) is 3.78. The normalized spacial score (nSPS) is 31.8. The molecular weight excluding hydrogens is 168 g/mol. The molecule has 2 atom stereocenters. The van der Waals surface area contributed by atoms with E-state index in [1.165, 1.54) is 5.57 Å². The fraction of sp³-hybridized carbons (Fsp3) is 0.800. The monoisotopic (exact) mass is 186 g/mol. The molecule has 0 bridgehead atoms. The van der Waals surface area contributed by atoms with Crippen LogP contribution in [0.1, 0.15) is 27.7 Å². The first-order chi connectivity index (χ1) is 5.94. The fourth-order valence-corrected chi connectivity index (χ4v) is 1.47. The van der Waals surface area contributed by atoms with Crippen molar-refractivity contribution in [3.8, 4) is 0 Å². The Balaban J connectivity index is 2.69. The highest BCUT2D eigenvalue weighted by Gasteiger charge is 2.39. The Kier molecular flexibility index (Phi) is 3.11. The van der Waals surface area contributed by atoms with Crippen LogP contribution in [0, 0.1) is 0 Å². The van der Waals surface area contributed by atoms with E-state index < -0.39 is 5.79 Å². The lowest BCUT2D eigenvalue weighted by Gasteiger charge is -2.16. The summed E-state index contributed by atoms with van der Waals surface area (Å²) in [7, 11) is 0. The molecule has 3 nitrogen and oxygen atoms in total. The molecule has 0 amide bonds. The molecule has 76 valence electrons. The predicted octanol–water partition coefficient (Wildman–Crippen LogP) is 1.47. The van der Waals surface area contributed by atoms with Crippen LogP contribution in [0.2, 0.25) is 0 Å². The highest BCUT2D eigenvalue weighted by Crippen LogP contribution is 2.28. The average Bonchev–Trinajstić information content (AvgIpc) is 2.24. The van der Waals surface area contributed by atoms with Gasteiger partial charge in [0, 0.05) is 0 Å². The second-order valence-electron chi connectivity index (χ2n) is 4.07. The Bertz CT molecular complexity index is 204. The van der Waals surface area contributed by atoms with Gasteiger partial charge in [0.25, 0.3) is 0 Å². The zero-order chi connectivity index (χ0) is 10.1. The molecular formula is C10H18O3. The Morgan fingerprint density at radius 1 is 1.38 bits per heavy atom. The maximum Gasteiger partial charge on any atom is 0.164 e. The van der Waals surface area contributed by atoms with Gasteiger partial charge >= 0.3 is 0 Å². The number of hydrogen-bond acceptors (Lipinski definition) is 3. The number of ether oxygens (including phenoxy) is 2. The van der Waals surface area contributed by atoms with E-state index in [2.05, 4.69) is 0 Å². The van der Waals surface area contributed by atoms with Crippen molar-refractivity contribution in [1.82, 2.24) is 0 Å². The van der Waals surface area contributed by atoms with Crippen LogP contribution in [0.3, 0.4) is 0 Å². The maximum absolute atomic E-state index is 9.05. The first kappa shape index (κ1) is 10.7. The number of allylic oxidation sites excluding steroid dienone is 1. The molecule has 0 aromatic heterocycles. The van der Waals surface area contributed by atoms with Crippen LogP contribution in [0.4, 0.5) is 0 Å². The van der Waals surface area contributed by atoms with E-state index in [-0.39, 0.29) is 18.8 Å². The number of aliphatic hydroxyl groups excluding tert-OH is 1. The van der Waals surface area contributed by atoms with Gasteiger partial charge in [-0.2, -0.15) is 0 Å². The zero-order valence-corrected chi connectivity index (χ0v) is 8.70. The van der Waals surface area contributed by atoms with E-state index in [0.29, 0.717) is 0 Å². The highest BCUT2D eigenvalue weighted by molar-refractivity contribution is 5.03. The van der Waals surface area contributed by atoms with Gasteiger partial charge in [0.15, 0.2) is 5.79 Å². The lowest BCUT2D eigenvalue weighted by molar-refractivity contribution is -0.146. The molecule has 1 rings (SSSR count). The van der Waals surface area contributed by atoms with Crippen molar-refractivity contribution in [1.29, 1.82) is 0 Å². The van der Waals surface area contributed by atoms with E-state index >= 15 is 0 Å². The number of rotatable bonds is 2. The van der Waals surface area contributed by atoms with Crippen molar-refractivity contribution < 1.29 is 14.6 Å². The first-order valence-corrected chi connectivity index (χ1v) is 4.56. The minimum Gasteiger partial charge on any atom is -0.394 e. The molecule has 0 aliphatic carbocycles. The van der Waals surface area contributed by atoms with Gasteiger partial charge < -0.3 is 14.6 Å².